The molecule has 6 nitrogen and oxygen atoms in total. The summed E-state index contributed by atoms with van der Waals surface area (Å²) in [5.41, 5.74) is 9.32. The second kappa shape index (κ2) is 6.22. The largest absolute Gasteiger partial charge is 0.460 e. The van der Waals surface area contributed by atoms with E-state index in [2.05, 4.69) is 15.2 Å². The van der Waals surface area contributed by atoms with Crippen LogP contribution in [0.25, 0.3) is 22.2 Å². The minimum atomic E-state index is -0.488. The molecule has 3 heterocycles. The second-order valence-electron chi connectivity index (χ2n) is 6.19. The Labute approximate surface area is 145 Å². The molecule has 0 radical (unpaired) electrons. The Morgan fingerprint density at radius 3 is 2.72 bits per heavy atom. The topological polar surface area (TPSA) is 84.4 Å². The Morgan fingerprint density at radius 1 is 1.24 bits per heavy atom. The Bertz CT molecular complexity index is 927. The minimum absolute atomic E-state index is 0.402. The van der Waals surface area contributed by atoms with Crippen LogP contribution in [-0.4, -0.2) is 37.1 Å². The van der Waals surface area contributed by atoms with Crippen LogP contribution in [0.15, 0.2) is 40.9 Å². The molecule has 128 valence electrons. The van der Waals surface area contributed by atoms with Crippen molar-refractivity contribution >= 4 is 22.6 Å². The Kier molecular flexibility index (Phi) is 3.89. The van der Waals surface area contributed by atoms with Gasteiger partial charge in [-0.15, -0.1) is 0 Å². The summed E-state index contributed by atoms with van der Waals surface area (Å²) < 4.78 is 5.99. The Hall–Kier alpha value is -2.86. The van der Waals surface area contributed by atoms with Crippen molar-refractivity contribution < 1.29 is 9.21 Å². The first-order valence-corrected chi connectivity index (χ1v) is 8.40. The molecule has 0 unspecified atom stereocenters. The number of aryl methyl sites for hydroxylation is 1. The van der Waals surface area contributed by atoms with Gasteiger partial charge in [-0.25, -0.2) is 0 Å². The number of nitrogens with two attached hydrogens (primary N) is 1. The number of nitrogens with one attached hydrogen (secondary N) is 1. The van der Waals surface area contributed by atoms with Crippen molar-refractivity contribution in [3.63, 3.8) is 0 Å². The van der Waals surface area contributed by atoms with Crippen molar-refractivity contribution in [2.75, 3.05) is 31.1 Å². The fraction of sp³-hybridized carbons (Fsp3) is 0.263. The van der Waals surface area contributed by atoms with Gasteiger partial charge in [0.15, 0.2) is 0 Å². The van der Waals surface area contributed by atoms with Gasteiger partial charge in [0.05, 0.1) is 22.2 Å². The molecule has 0 saturated carbocycles. The number of furan rings is 1. The molecule has 0 bridgehead atoms. The lowest BCUT2D eigenvalue weighted by molar-refractivity contribution is 0.100. The lowest BCUT2D eigenvalue weighted by Crippen LogP contribution is -2.43. The van der Waals surface area contributed by atoms with Crippen LogP contribution in [0.2, 0.25) is 0 Å². The van der Waals surface area contributed by atoms with E-state index in [-0.39, 0.29) is 0 Å². The van der Waals surface area contributed by atoms with Crippen molar-refractivity contribution in [1.82, 2.24) is 10.3 Å². The minimum Gasteiger partial charge on any atom is -0.460 e. The quantitative estimate of drug-likeness (QED) is 0.767. The maximum absolute atomic E-state index is 11.9. The highest BCUT2D eigenvalue weighted by Gasteiger charge is 2.24. The van der Waals surface area contributed by atoms with E-state index in [1.165, 1.54) is 0 Å². The number of fused-ring (bicyclic) bond motifs is 1. The molecule has 1 aliphatic heterocycles. The lowest BCUT2D eigenvalue weighted by atomic mass is 10.0. The van der Waals surface area contributed by atoms with Gasteiger partial charge < -0.3 is 20.4 Å². The average Bonchev–Trinajstić information content (AvgIpc) is 2.98. The standard InChI is InChI=1S/C19H20N4O2/c1-12-16(14-4-2-3-7-22-14)17-15(23-10-8-21-9-11-23)6-5-13(19(20)24)18(17)25-12/h2-7,21H,8-11H2,1H3,(H2,20,24). The highest BCUT2D eigenvalue weighted by atomic mass is 16.3. The second-order valence-corrected chi connectivity index (χ2v) is 6.19. The number of primary amides is 1. The molecule has 1 amide bonds. The molecule has 3 N–H and O–H groups in total. The summed E-state index contributed by atoms with van der Waals surface area (Å²) in [6.07, 6.45) is 1.76. The van der Waals surface area contributed by atoms with Crippen LogP contribution in [0.3, 0.4) is 0 Å². The van der Waals surface area contributed by atoms with E-state index in [4.69, 9.17) is 10.2 Å². The number of hydrogen-bond acceptors (Lipinski definition) is 5. The monoisotopic (exact) mass is 336 g/mol. The third-order valence-electron chi connectivity index (χ3n) is 4.64. The average molecular weight is 336 g/mol. The molecule has 1 fully saturated rings. The first-order chi connectivity index (χ1) is 12.2. The van der Waals surface area contributed by atoms with E-state index in [1.807, 2.05) is 31.2 Å². The maximum atomic E-state index is 11.9. The number of nitrogens with zero attached hydrogens (tertiary/aromatic N) is 2. The predicted octanol–water partition coefficient (Wildman–Crippen LogP) is 2.31. The van der Waals surface area contributed by atoms with Crippen LogP contribution < -0.4 is 16.0 Å². The van der Waals surface area contributed by atoms with Gasteiger partial charge in [0, 0.05) is 38.1 Å². The zero-order chi connectivity index (χ0) is 17.4. The zero-order valence-corrected chi connectivity index (χ0v) is 14.1. The fourth-order valence-corrected chi connectivity index (χ4v) is 3.48. The summed E-state index contributed by atoms with van der Waals surface area (Å²) in [4.78, 5) is 18.7. The van der Waals surface area contributed by atoms with E-state index in [9.17, 15) is 4.79 Å². The van der Waals surface area contributed by atoms with Crippen molar-refractivity contribution in [1.29, 1.82) is 0 Å². The van der Waals surface area contributed by atoms with Crippen molar-refractivity contribution in [2.45, 2.75) is 6.92 Å². The number of carbonyl (C=O) groups is 1. The number of amides is 1. The predicted molar refractivity (Wildman–Crippen MR) is 97.8 cm³/mol. The number of benzene rings is 1. The van der Waals surface area contributed by atoms with E-state index in [0.717, 1.165) is 54.3 Å². The summed E-state index contributed by atoms with van der Waals surface area (Å²) >= 11 is 0. The molecule has 3 aromatic rings. The Morgan fingerprint density at radius 2 is 2.04 bits per heavy atom. The van der Waals surface area contributed by atoms with Gasteiger partial charge in [-0.2, -0.15) is 0 Å². The highest BCUT2D eigenvalue weighted by molar-refractivity contribution is 6.12. The van der Waals surface area contributed by atoms with Gasteiger partial charge in [0.2, 0.25) is 0 Å². The molecule has 0 spiro atoms. The van der Waals surface area contributed by atoms with Crippen LogP contribution in [0, 0.1) is 6.92 Å². The van der Waals surface area contributed by atoms with Crippen LogP contribution >= 0.6 is 0 Å². The fourth-order valence-electron chi connectivity index (χ4n) is 3.48. The van der Waals surface area contributed by atoms with Gasteiger partial charge in [0.1, 0.15) is 11.3 Å². The van der Waals surface area contributed by atoms with Crippen LogP contribution in [0.1, 0.15) is 16.1 Å². The third kappa shape index (κ3) is 2.64. The molecule has 1 aromatic carbocycles. The molecule has 0 atom stereocenters. The SMILES string of the molecule is Cc1oc2c(C(N)=O)ccc(N3CCNCC3)c2c1-c1ccccn1. The molecule has 4 rings (SSSR count). The van der Waals surface area contributed by atoms with E-state index in [0.29, 0.717) is 11.1 Å². The molecule has 6 heteroatoms. The van der Waals surface area contributed by atoms with Crippen LogP contribution in [0.5, 0.6) is 0 Å². The summed E-state index contributed by atoms with van der Waals surface area (Å²) in [5.74, 6) is 0.247. The molecule has 1 aliphatic rings. The van der Waals surface area contributed by atoms with E-state index in [1.54, 1.807) is 12.3 Å². The number of hydrogen-bond donors (Lipinski definition) is 2. The van der Waals surface area contributed by atoms with Crippen molar-refractivity contribution in [2.24, 2.45) is 5.73 Å². The van der Waals surface area contributed by atoms with Gasteiger partial charge in [-0.1, -0.05) is 6.07 Å². The number of aromatic nitrogens is 1. The number of carbonyl (C=O) groups excluding carboxylic acids is 1. The van der Waals surface area contributed by atoms with Crippen LogP contribution in [-0.2, 0) is 0 Å². The first-order valence-electron chi connectivity index (χ1n) is 8.40. The summed E-state index contributed by atoms with van der Waals surface area (Å²) in [5, 5.41) is 4.27. The van der Waals surface area contributed by atoms with Crippen molar-refractivity contribution in [3.8, 4) is 11.3 Å². The van der Waals surface area contributed by atoms with Gasteiger partial charge in [-0.05, 0) is 31.2 Å². The van der Waals surface area contributed by atoms with Crippen molar-refractivity contribution in [3.05, 3.63) is 47.9 Å². The Balaban J connectivity index is 2.02. The third-order valence-corrected chi connectivity index (χ3v) is 4.64. The number of piperazine rings is 1. The summed E-state index contributed by atoms with van der Waals surface area (Å²) in [6, 6.07) is 9.51. The van der Waals surface area contributed by atoms with Gasteiger partial charge >= 0.3 is 0 Å². The number of pyridine rings is 1. The first kappa shape index (κ1) is 15.7. The summed E-state index contributed by atoms with van der Waals surface area (Å²) in [6.45, 7) is 5.55. The van der Waals surface area contributed by atoms with Gasteiger partial charge in [0.25, 0.3) is 5.91 Å². The highest BCUT2D eigenvalue weighted by Crippen LogP contribution is 2.41. The smallest absolute Gasteiger partial charge is 0.252 e. The van der Waals surface area contributed by atoms with E-state index >= 15 is 0 Å². The van der Waals surface area contributed by atoms with E-state index < -0.39 is 5.91 Å². The van der Waals surface area contributed by atoms with Gasteiger partial charge in [-0.3, -0.25) is 9.78 Å². The normalized spacial score (nSPS) is 14.8. The molecule has 1 saturated heterocycles. The maximum Gasteiger partial charge on any atom is 0.252 e. The molecular formula is C19H20N4O2. The summed E-state index contributed by atoms with van der Waals surface area (Å²) in [7, 11) is 0. The molecular weight excluding hydrogens is 316 g/mol. The number of anilines is 1. The molecule has 25 heavy (non-hydrogen) atoms. The zero-order valence-electron chi connectivity index (χ0n) is 14.1. The van der Waals surface area contributed by atoms with Crippen LogP contribution in [0.4, 0.5) is 5.69 Å². The lowest BCUT2D eigenvalue weighted by Gasteiger charge is -2.30. The number of rotatable bonds is 3. The molecule has 2 aromatic heterocycles. The molecule has 0 aliphatic carbocycles.